The summed E-state index contributed by atoms with van der Waals surface area (Å²) in [7, 11) is 2.12. The van der Waals surface area contributed by atoms with Crippen LogP contribution in [-0.4, -0.2) is 60.7 Å². The summed E-state index contributed by atoms with van der Waals surface area (Å²) in [6.07, 6.45) is 0. The number of ether oxygens (including phenoxy) is 1. The molecule has 2 rings (SSSR count). The molecule has 22 heavy (non-hydrogen) atoms. The molecule has 1 aliphatic rings. The van der Waals surface area contributed by atoms with Crippen molar-refractivity contribution in [1.82, 2.24) is 14.3 Å². The first-order valence-electron chi connectivity index (χ1n) is 8.03. The first-order valence-corrected chi connectivity index (χ1v) is 8.80. The Bertz CT molecular complexity index is 475. The monoisotopic (exact) mass is 326 g/mol. The van der Waals surface area contributed by atoms with Gasteiger partial charge >= 0.3 is 0 Å². The van der Waals surface area contributed by atoms with E-state index in [0.717, 1.165) is 50.3 Å². The molecular weight excluding hydrogens is 296 g/mol. The Balaban J connectivity index is 1.94. The largest absolute Gasteiger partial charge is 0.379 e. The number of anilines is 1. The predicted octanol–water partition coefficient (Wildman–Crippen LogP) is 2.63. The second kappa shape index (κ2) is 6.81. The van der Waals surface area contributed by atoms with Crippen LogP contribution in [0.3, 0.4) is 0 Å². The van der Waals surface area contributed by atoms with Gasteiger partial charge in [-0.2, -0.15) is 4.37 Å². The Morgan fingerprint density at radius 1 is 1.18 bits per heavy atom. The van der Waals surface area contributed by atoms with Gasteiger partial charge in [-0.25, -0.2) is 4.98 Å². The van der Waals surface area contributed by atoms with Gasteiger partial charge in [0.2, 0.25) is 5.13 Å². The summed E-state index contributed by atoms with van der Waals surface area (Å²) < 4.78 is 9.95. The van der Waals surface area contributed by atoms with Crippen LogP contribution >= 0.6 is 11.5 Å². The van der Waals surface area contributed by atoms with Gasteiger partial charge in [-0.05, 0) is 5.41 Å². The zero-order valence-electron chi connectivity index (χ0n) is 14.8. The van der Waals surface area contributed by atoms with Crippen LogP contribution in [0, 0.1) is 5.41 Å². The second-order valence-electron chi connectivity index (χ2n) is 8.06. The zero-order chi connectivity index (χ0) is 16.4. The van der Waals surface area contributed by atoms with Crippen LogP contribution < -0.4 is 4.90 Å². The molecule has 0 saturated carbocycles. The predicted molar refractivity (Wildman–Crippen MR) is 92.9 cm³/mol. The summed E-state index contributed by atoms with van der Waals surface area (Å²) in [4.78, 5) is 9.45. The molecule has 0 N–H and O–H groups in total. The number of nitrogens with zero attached hydrogens (tertiary/aromatic N) is 4. The van der Waals surface area contributed by atoms with Crippen LogP contribution in [0.1, 0.15) is 40.4 Å². The lowest BCUT2D eigenvalue weighted by molar-refractivity contribution is 0.0223. The van der Waals surface area contributed by atoms with Crippen molar-refractivity contribution in [3.63, 3.8) is 0 Å². The maximum atomic E-state index is 5.43. The molecule has 126 valence electrons. The minimum atomic E-state index is 0.0128. The number of hydrogen-bond donors (Lipinski definition) is 0. The van der Waals surface area contributed by atoms with Crippen molar-refractivity contribution in [2.75, 3.05) is 51.3 Å². The molecule has 0 spiro atoms. The van der Waals surface area contributed by atoms with Gasteiger partial charge in [-0.15, -0.1) is 0 Å². The van der Waals surface area contributed by atoms with E-state index in [9.17, 15) is 0 Å². The van der Waals surface area contributed by atoms with Crippen molar-refractivity contribution in [2.45, 2.75) is 40.0 Å². The molecular formula is C16H30N4OS. The molecule has 1 aliphatic heterocycles. The molecule has 0 radical (unpaired) electrons. The standard InChI is InChI=1S/C16H30N4OS/c1-15(2,3)13-17-14(22-18-13)19(6)11-16(4,5)12-20-7-9-21-10-8-20/h7-12H2,1-6H3. The van der Waals surface area contributed by atoms with E-state index in [-0.39, 0.29) is 10.8 Å². The average molecular weight is 327 g/mol. The summed E-state index contributed by atoms with van der Waals surface area (Å²) in [5, 5.41) is 1.01. The van der Waals surface area contributed by atoms with Gasteiger partial charge in [0, 0.05) is 50.2 Å². The fourth-order valence-electron chi connectivity index (χ4n) is 2.80. The molecule has 0 aromatic carbocycles. The molecule has 0 bridgehead atoms. The maximum Gasteiger partial charge on any atom is 0.204 e. The van der Waals surface area contributed by atoms with E-state index in [1.54, 1.807) is 0 Å². The Morgan fingerprint density at radius 3 is 2.36 bits per heavy atom. The van der Waals surface area contributed by atoms with Gasteiger partial charge in [0.05, 0.1) is 13.2 Å². The average Bonchev–Trinajstić information content (AvgIpc) is 2.88. The Kier molecular flexibility index (Phi) is 5.45. The summed E-state index contributed by atoms with van der Waals surface area (Å²) in [5.74, 6) is 0.935. The zero-order valence-corrected chi connectivity index (χ0v) is 15.7. The molecule has 1 fully saturated rings. The second-order valence-corrected chi connectivity index (χ2v) is 8.79. The molecule has 0 amide bonds. The van der Waals surface area contributed by atoms with E-state index in [2.05, 4.69) is 55.8 Å². The third kappa shape index (κ3) is 4.89. The number of hydrogen-bond acceptors (Lipinski definition) is 6. The topological polar surface area (TPSA) is 41.5 Å². The minimum absolute atomic E-state index is 0.0128. The Hall–Kier alpha value is -0.720. The lowest BCUT2D eigenvalue weighted by atomic mass is 9.92. The van der Waals surface area contributed by atoms with Crippen molar-refractivity contribution in [3.05, 3.63) is 5.82 Å². The molecule has 5 nitrogen and oxygen atoms in total. The Morgan fingerprint density at radius 2 is 1.82 bits per heavy atom. The molecule has 0 aliphatic carbocycles. The van der Waals surface area contributed by atoms with Crippen molar-refractivity contribution in [1.29, 1.82) is 0 Å². The molecule has 0 unspecified atom stereocenters. The SMILES string of the molecule is CN(CC(C)(C)CN1CCOCC1)c1nc(C(C)(C)C)ns1. The molecule has 1 aromatic heterocycles. The van der Waals surface area contributed by atoms with Gasteiger partial charge in [-0.3, -0.25) is 4.90 Å². The van der Waals surface area contributed by atoms with E-state index < -0.39 is 0 Å². The van der Waals surface area contributed by atoms with Crippen LogP contribution in [-0.2, 0) is 10.2 Å². The van der Waals surface area contributed by atoms with Gasteiger partial charge in [-0.1, -0.05) is 34.6 Å². The normalized spacial score (nSPS) is 17.7. The maximum absolute atomic E-state index is 5.43. The van der Waals surface area contributed by atoms with Crippen LogP contribution in [0.25, 0.3) is 0 Å². The smallest absolute Gasteiger partial charge is 0.204 e. The van der Waals surface area contributed by atoms with Crippen LogP contribution in [0.15, 0.2) is 0 Å². The molecule has 2 heterocycles. The lowest BCUT2D eigenvalue weighted by Crippen LogP contribution is -2.45. The van der Waals surface area contributed by atoms with Gasteiger partial charge in [0.15, 0.2) is 0 Å². The fraction of sp³-hybridized carbons (Fsp3) is 0.875. The van der Waals surface area contributed by atoms with E-state index in [1.165, 1.54) is 11.5 Å². The minimum Gasteiger partial charge on any atom is -0.379 e. The van der Waals surface area contributed by atoms with Crippen molar-refractivity contribution in [2.24, 2.45) is 5.41 Å². The van der Waals surface area contributed by atoms with Crippen molar-refractivity contribution >= 4 is 16.7 Å². The first-order chi connectivity index (χ1) is 10.2. The third-order valence-corrected chi connectivity index (χ3v) is 4.66. The van der Waals surface area contributed by atoms with E-state index >= 15 is 0 Å². The van der Waals surface area contributed by atoms with Crippen molar-refractivity contribution in [3.8, 4) is 0 Å². The summed E-state index contributed by atoms with van der Waals surface area (Å²) in [5.41, 5.74) is 0.221. The fourth-order valence-corrected chi connectivity index (χ4v) is 3.61. The molecule has 0 atom stereocenters. The van der Waals surface area contributed by atoms with Gasteiger partial charge in [0.25, 0.3) is 0 Å². The molecule has 6 heteroatoms. The molecule has 1 saturated heterocycles. The Labute approximate surface area is 138 Å². The summed E-state index contributed by atoms with van der Waals surface area (Å²) in [6, 6.07) is 0. The summed E-state index contributed by atoms with van der Waals surface area (Å²) in [6.45, 7) is 17.0. The molecule has 1 aromatic rings. The highest BCUT2D eigenvalue weighted by molar-refractivity contribution is 7.09. The lowest BCUT2D eigenvalue weighted by Gasteiger charge is -2.36. The highest BCUT2D eigenvalue weighted by Crippen LogP contribution is 2.27. The van der Waals surface area contributed by atoms with Crippen molar-refractivity contribution < 1.29 is 4.74 Å². The quantitative estimate of drug-likeness (QED) is 0.832. The number of aromatic nitrogens is 2. The number of morpholine rings is 1. The van der Waals surface area contributed by atoms with Gasteiger partial charge < -0.3 is 9.64 Å². The van der Waals surface area contributed by atoms with Crippen LogP contribution in [0.2, 0.25) is 0 Å². The first kappa shape index (κ1) is 17.6. The van der Waals surface area contributed by atoms with E-state index in [1.807, 2.05) is 0 Å². The third-order valence-electron chi connectivity index (χ3n) is 3.83. The van der Waals surface area contributed by atoms with E-state index in [4.69, 9.17) is 9.72 Å². The summed E-state index contributed by atoms with van der Waals surface area (Å²) >= 11 is 1.50. The highest BCUT2D eigenvalue weighted by atomic mass is 32.1. The van der Waals surface area contributed by atoms with E-state index in [0.29, 0.717) is 0 Å². The van der Waals surface area contributed by atoms with Gasteiger partial charge in [0.1, 0.15) is 5.82 Å². The van der Waals surface area contributed by atoms with Crippen LogP contribution in [0.4, 0.5) is 5.13 Å². The highest BCUT2D eigenvalue weighted by Gasteiger charge is 2.27. The number of rotatable bonds is 5. The van der Waals surface area contributed by atoms with Crippen LogP contribution in [0.5, 0.6) is 0 Å².